The molecule has 1 N–H and O–H groups in total. The Balaban J connectivity index is 1.86. The Hall–Kier alpha value is -2.65. The van der Waals surface area contributed by atoms with Crippen molar-refractivity contribution >= 4 is 39.6 Å². The van der Waals surface area contributed by atoms with Gasteiger partial charge in [-0.25, -0.2) is 19.7 Å². The van der Waals surface area contributed by atoms with Crippen molar-refractivity contribution in [2.45, 2.75) is 27.2 Å². The number of carbonyl (C=O) groups excluding carboxylic acids is 2. The summed E-state index contributed by atoms with van der Waals surface area (Å²) < 4.78 is 5.16. The molecule has 0 fully saturated rings. The Bertz CT molecular complexity index is 966. The molecule has 140 valence electrons. The lowest BCUT2D eigenvalue weighted by atomic mass is 10.1. The van der Waals surface area contributed by atoms with Gasteiger partial charge in [-0.1, -0.05) is 6.92 Å². The Kier molecular flexibility index (Phi) is 5.92. The van der Waals surface area contributed by atoms with Crippen molar-refractivity contribution in [2.75, 3.05) is 11.9 Å². The smallest absolute Gasteiger partial charge is 0.341 e. The van der Waals surface area contributed by atoms with Crippen molar-refractivity contribution in [1.82, 2.24) is 15.0 Å². The summed E-state index contributed by atoms with van der Waals surface area (Å²) in [5.74, 6) is -0.345. The van der Waals surface area contributed by atoms with Gasteiger partial charge in [0.15, 0.2) is 10.8 Å². The molecule has 27 heavy (non-hydrogen) atoms. The molecule has 0 bridgehead atoms. The first-order valence-corrected chi connectivity index (χ1v) is 10.1. The van der Waals surface area contributed by atoms with Crippen LogP contribution in [0.3, 0.4) is 0 Å². The number of thiazole rings is 1. The molecule has 3 aromatic rings. The van der Waals surface area contributed by atoms with E-state index in [9.17, 15) is 9.59 Å². The maximum atomic E-state index is 12.6. The summed E-state index contributed by atoms with van der Waals surface area (Å²) in [7, 11) is 0. The molecule has 3 aromatic heterocycles. The normalized spacial score (nSPS) is 10.6. The lowest BCUT2D eigenvalue weighted by Gasteiger charge is -2.07. The van der Waals surface area contributed by atoms with Crippen LogP contribution in [0.25, 0.3) is 10.8 Å². The van der Waals surface area contributed by atoms with Crippen LogP contribution in [0.5, 0.6) is 0 Å². The van der Waals surface area contributed by atoms with Crippen molar-refractivity contribution in [3.05, 3.63) is 45.5 Å². The zero-order valence-corrected chi connectivity index (χ0v) is 16.7. The molecule has 0 saturated carbocycles. The van der Waals surface area contributed by atoms with Crippen molar-refractivity contribution in [3.63, 3.8) is 0 Å². The molecule has 0 aliphatic heterocycles. The summed E-state index contributed by atoms with van der Waals surface area (Å²) in [5, 5.41) is 5.50. The van der Waals surface area contributed by atoms with E-state index in [0.29, 0.717) is 27.8 Å². The van der Waals surface area contributed by atoms with Crippen molar-refractivity contribution in [1.29, 1.82) is 0 Å². The summed E-state index contributed by atoms with van der Waals surface area (Å²) in [6, 6.07) is 1.71. The number of nitrogens with zero attached hydrogens (tertiary/aromatic N) is 3. The quantitative estimate of drug-likeness (QED) is 0.627. The highest BCUT2D eigenvalue weighted by atomic mass is 32.1. The predicted octanol–water partition coefficient (Wildman–Crippen LogP) is 3.96. The summed E-state index contributed by atoms with van der Waals surface area (Å²) in [6.07, 6.45) is 3.92. The number of anilines is 1. The first-order valence-electron chi connectivity index (χ1n) is 8.38. The summed E-state index contributed by atoms with van der Waals surface area (Å²) in [6.45, 7) is 5.92. The average molecular weight is 403 g/mol. The summed E-state index contributed by atoms with van der Waals surface area (Å²) in [5.41, 5.74) is 1.57. The number of amides is 1. The third-order valence-corrected chi connectivity index (χ3v) is 5.66. The number of thiophene rings is 1. The van der Waals surface area contributed by atoms with E-state index in [2.05, 4.69) is 20.3 Å². The lowest BCUT2D eigenvalue weighted by molar-refractivity contribution is 0.0527. The maximum Gasteiger partial charge on any atom is 0.341 e. The first kappa shape index (κ1) is 19.1. The van der Waals surface area contributed by atoms with Gasteiger partial charge in [-0.3, -0.25) is 4.79 Å². The van der Waals surface area contributed by atoms with Gasteiger partial charge >= 0.3 is 5.97 Å². The van der Waals surface area contributed by atoms with Gasteiger partial charge in [0.1, 0.15) is 10.7 Å². The zero-order valence-electron chi connectivity index (χ0n) is 15.1. The molecule has 0 spiro atoms. The van der Waals surface area contributed by atoms with E-state index in [0.717, 1.165) is 10.4 Å². The van der Waals surface area contributed by atoms with Gasteiger partial charge in [-0.05, 0) is 31.9 Å². The van der Waals surface area contributed by atoms with Crippen LogP contribution >= 0.6 is 22.7 Å². The molecule has 0 aliphatic rings. The molecular weight excluding hydrogens is 384 g/mol. The summed E-state index contributed by atoms with van der Waals surface area (Å²) in [4.78, 5) is 38.6. The van der Waals surface area contributed by atoms with E-state index < -0.39 is 5.97 Å². The van der Waals surface area contributed by atoms with E-state index in [1.807, 2.05) is 13.8 Å². The second-order valence-electron chi connectivity index (χ2n) is 5.48. The standard InChI is InChI=1S/C18H18N4O3S2/c1-4-11-10(3)27-16(13(11)18(24)25-5-2)22-15(23)12-9-26-17(21-12)14-19-7-6-8-20-14/h6-9H,4-5H2,1-3H3,(H,22,23). The number of hydrogen-bond acceptors (Lipinski definition) is 8. The molecule has 3 rings (SSSR count). The highest BCUT2D eigenvalue weighted by molar-refractivity contribution is 7.17. The molecule has 3 heterocycles. The fourth-order valence-corrected chi connectivity index (χ4v) is 4.44. The van der Waals surface area contributed by atoms with Crippen molar-refractivity contribution in [2.24, 2.45) is 0 Å². The topological polar surface area (TPSA) is 94.1 Å². The fraction of sp³-hybridized carbons (Fsp3) is 0.278. The van der Waals surface area contributed by atoms with Gasteiger partial charge in [0, 0.05) is 22.7 Å². The van der Waals surface area contributed by atoms with Crippen LogP contribution in [0, 0.1) is 6.92 Å². The Morgan fingerprint density at radius 2 is 1.96 bits per heavy atom. The third-order valence-electron chi connectivity index (χ3n) is 3.76. The lowest BCUT2D eigenvalue weighted by Crippen LogP contribution is -2.15. The molecule has 1 amide bonds. The van der Waals surface area contributed by atoms with Crippen LogP contribution in [-0.2, 0) is 11.2 Å². The van der Waals surface area contributed by atoms with E-state index in [4.69, 9.17) is 4.74 Å². The largest absolute Gasteiger partial charge is 0.462 e. The molecule has 0 saturated heterocycles. The minimum absolute atomic E-state index is 0.251. The van der Waals surface area contributed by atoms with Gasteiger partial charge in [-0.15, -0.1) is 22.7 Å². The molecular formula is C18H18N4O3S2. The van der Waals surface area contributed by atoms with Crippen molar-refractivity contribution < 1.29 is 14.3 Å². The Morgan fingerprint density at radius 1 is 1.22 bits per heavy atom. The van der Waals surface area contributed by atoms with Crippen LogP contribution in [-0.4, -0.2) is 33.4 Å². The highest BCUT2D eigenvalue weighted by Gasteiger charge is 2.24. The van der Waals surface area contributed by atoms with Crippen LogP contribution in [0.4, 0.5) is 5.00 Å². The monoisotopic (exact) mass is 402 g/mol. The van der Waals surface area contributed by atoms with Gasteiger partial charge in [0.05, 0.1) is 12.2 Å². The average Bonchev–Trinajstić information content (AvgIpc) is 3.27. The number of ether oxygens (including phenoxy) is 1. The second-order valence-corrected chi connectivity index (χ2v) is 7.56. The van der Waals surface area contributed by atoms with Crippen molar-refractivity contribution in [3.8, 4) is 10.8 Å². The number of nitrogens with one attached hydrogen (secondary N) is 1. The maximum absolute atomic E-state index is 12.6. The minimum atomic E-state index is -0.425. The molecule has 0 aromatic carbocycles. The molecule has 0 aliphatic carbocycles. The van der Waals surface area contributed by atoms with Gasteiger partial charge in [-0.2, -0.15) is 0 Å². The molecule has 0 atom stereocenters. The SMILES string of the molecule is CCOC(=O)c1c(NC(=O)c2csc(-c3ncccn3)n2)sc(C)c1CC. The number of aromatic nitrogens is 3. The Morgan fingerprint density at radius 3 is 2.63 bits per heavy atom. The fourth-order valence-electron chi connectivity index (χ4n) is 2.57. The van der Waals surface area contributed by atoms with Crippen LogP contribution in [0.15, 0.2) is 23.8 Å². The predicted molar refractivity (Wildman–Crippen MR) is 105 cm³/mol. The third kappa shape index (κ3) is 4.04. The number of esters is 1. The van der Waals surface area contributed by atoms with Gasteiger partial charge in [0.25, 0.3) is 5.91 Å². The van der Waals surface area contributed by atoms with Crippen LogP contribution in [0.2, 0.25) is 0 Å². The van der Waals surface area contributed by atoms with Gasteiger partial charge < -0.3 is 10.1 Å². The van der Waals surface area contributed by atoms with Crippen LogP contribution in [0.1, 0.15) is 45.1 Å². The molecule has 0 radical (unpaired) electrons. The molecule has 7 nitrogen and oxygen atoms in total. The van der Waals surface area contributed by atoms with E-state index >= 15 is 0 Å². The van der Waals surface area contributed by atoms with Gasteiger partial charge in [0.2, 0.25) is 0 Å². The van der Waals surface area contributed by atoms with E-state index in [-0.39, 0.29) is 18.2 Å². The van der Waals surface area contributed by atoms with E-state index in [1.54, 1.807) is 30.8 Å². The molecule has 0 unspecified atom stereocenters. The number of carbonyl (C=O) groups is 2. The second kappa shape index (κ2) is 8.36. The number of hydrogen-bond donors (Lipinski definition) is 1. The Labute approximate surface area is 164 Å². The number of aryl methyl sites for hydroxylation is 1. The van der Waals surface area contributed by atoms with Crippen LogP contribution < -0.4 is 5.32 Å². The highest BCUT2D eigenvalue weighted by Crippen LogP contribution is 2.34. The minimum Gasteiger partial charge on any atom is -0.462 e. The zero-order chi connectivity index (χ0) is 19.4. The molecule has 9 heteroatoms. The first-order chi connectivity index (χ1) is 13.0. The van der Waals surface area contributed by atoms with E-state index in [1.165, 1.54) is 22.7 Å². The summed E-state index contributed by atoms with van der Waals surface area (Å²) >= 11 is 2.65. The number of rotatable bonds is 6.